The van der Waals surface area contributed by atoms with Crippen molar-refractivity contribution in [2.24, 2.45) is 11.8 Å². The zero-order valence-corrected chi connectivity index (χ0v) is 9.98. The summed E-state index contributed by atoms with van der Waals surface area (Å²) in [7, 11) is 0. The fourth-order valence-electron chi connectivity index (χ4n) is 1.66. The average molecular weight is 268 g/mol. The fourth-order valence-corrected chi connectivity index (χ4v) is 1.66. The second-order valence-electron chi connectivity index (χ2n) is 4.40. The van der Waals surface area contributed by atoms with Crippen LogP contribution in [0.2, 0.25) is 0 Å². The van der Waals surface area contributed by atoms with Gasteiger partial charge in [0.05, 0.1) is 16.7 Å². The van der Waals surface area contributed by atoms with E-state index >= 15 is 0 Å². The zero-order valence-electron chi connectivity index (χ0n) is 9.98. The molecule has 1 fully saturated rings. The van der Waals surface area contributed by atoms with Crippen molar-refractivity contribution < 1.29 is 14.1 Å². The number of nitrogen functional groups attached to an aromatic ring is 1. The van der Waals surface area contributed by atoms with Crippen LogP contribution in [-0.4, -0.2) is 17.4 Å². The van der Waals surface area contributed by atoms with Crippen molar-refractivity contribution in [3.63, 3.8) is 0 Å². The quantitative estimate of drug-likeness (QED) is 0.421. The molecular weight excluding hydrogens is 255 g/mol. The van der Waals surface area contributed by atoms with Crippen LogP contribution in [0.1, 0.15) is 23.2 Å². The van der Waals surface area contributed by atoms with Crippen LogP contribution in [0.4, 0.5) is 15.8 Å². The highest BCUT2D eigenvalue weighted by molar-refractivity contribution is 5.99. The summed E-state index contributed by atoms with van der Waals surface area (Å²) in [5.41, 5.74) is 1.10. The van der Waals surface area contributed by atoms with Gasteiger partial charge in [0, 0.05) is 6.54 Å². The van der Waals surface area contributed by atoms with E-state index in [0.717, 1.165) is 18.9 Å². The number of anilines is 1. The van der Waals surface area contributed by atoms with Crippen LogP contribution in [0.5, 0.6) is 0 Å². The second-order valence-corrected chi connectivity index (χ2v) is 4.40. The number of hydrogen-bond acceptors (Lipinski definition) is 5. The summed E-state index contributed by atoms with van der Waals surface area (Å²) in [6, 6.07) is 1.72. The first-order valence-electron chi connectivity index (χ1n) is 5.75. The van der Waals surface area contributed by atoms with Crippen molar-refractivity contribution in [3.8, 4) is 0 Å². The van der Waals surface area contributed by atoms with Crippen molar-refractivity contribution in [2.45, 2.75) is 12.8 Å². The van der Waals surface area contributed by atoms with E-state index in [9.17, 15) is 19.3 Å². The van der Waals surface area contributed by atoms with Crippen molar-refractivity contribution >= 4 is 17.3 Å². The van der Waals surface area contributed by atoms with Gasteiger partial charge in [-0.3, -0.25) is 20.8 Å². The van der Waals surface area contributed by atoms with E-state index < -0.39 is 22.3 Å². The van der Waals surface area contributed by atoms with Crippen LogP contribution < -0.4 is 16.6 Å². The maximum absolute atomic E-state index is 13.4. The Morgan fingerprint density at radius 2 is 2.21 bits per heavy atom. The smallest absolute Gasteiger partial charge is 0.285 e. The van der Waals surface area contributed by atoms with E-state index in [1.54, 1.807) is 0 Å². The molecule has 19 heavy (non-hydrogen) atoms. The molecule has 2 rings (SSSR count). The normalized spacial score (nSPS) is 14.0. The second kappa shape index (κ2) is 5.19. The maximum Gasteiger partial charge on any atom is 0.285 e. The van der Waals surface area contributed by atoms with Crippen molar-refractivity contribution in [1.29, 1.82) is 0 Å². The Kier molecular flexibility index (Phi) is 3.61. The Bertz CT molecular complexity index is 531. The Morgan fingerprint density at radius 1 is 1.53 bits per heavy atom. The van der Waals surface area contributed by atoms with Crippen LogP contribution in [0.3, 0.4) is 0 Å². The number of carbonyl (C=O) groups is 1. The molecule has 0 atom stereocenters. The molecule has 1 aliphatic carbocycles. The minimum atomic E-state index is -0.882. The predicted octanol–water partition coefficient (Wildman–Crippen LogP) is 1.16. The van der Waals surface area contributed by atoms with Gasteiger partial charge in [-0.05, 0) is 24.8 Å². The number of nitrogens with one attached hydrogen (secondary N) is 2. The van der Waals surface area contributed by atoms with Crippen LogP contribution in [0, 0.1) is 21.8 Å². The molecule has 0 heterocycles. The average Bonchev–Trinajstić information content (AvgIpc) is 3.19. The molecule has 0 spiro atoms. The van der Waals surface area contributed by atoms with Crippen molar-refractivity contribution in [1.82, 2.24) is 5.32 Å². The van der Waals surface area contributed by atoms with Gasteiger partial charge in [0.2, 0.25) is 0 Å². The molecule has 1 aromatic carbocycles. The minimum Gasteiger partial charge on any atom is -0.352 e. The first-order chi connectivity index (χ1) is 9.02. The standard InChI is InChI=1S/C11H13FN4O3/c12-8-4-10(16(18)19)7(3-9(8)15-13)11(17)14-5-6-1-2-6/h3-4,6,15H,1-2,5,13H2,(H,14,17). The Labute approximate surface area is 108 Å². The third kappa shape index (κ3) is 2.97. The molecule has 1 aromatic rings. The van der Waals surface area contributed by atoms with Gasteiger partial charge in [0.25, 0.3) is 11.6 Å². The maximum atomic E-state index is 13.4. The van der Waals surface area contributed by atoms with Crippen LogP contribution in [-0.2, 0) is 0 Å². The van der Waals surface area contributed by atoms with E-state index in [1.807, 2.05) is 0 Å². The van der Waals surface area contributed by atoms with Crippen LogP contribution in [0.25, 0.3) is 0 Å². The molecule has 1 saturated carbocycles. The molecule has 0 radical (unpaired) electrons. The monoisotopic (exact) mass is 268 g/mol. The van der Waals surface area contributed by atoms with E-state index in [0.29, 0.717) is 18.5 Å². The molecule has 1 aliphatic rings. The fraction of sp³-hybridized carbons (Fsp3) is 0.364. The van der Waals surface area contributed by atoms with Crippen molar-refractivity contribution in [2.75, 3.05) is 12.0 Å². The summed E-state index contributed by atoms with van der Waals surface area (Å²) < 4.78 is 13.4. The van der Waals surface area contributed by atoms with Gasteiger partial charge in [-0.2, -0.15) is 0 Å². The number of nitrogens with zero attached hydrogens (tertiary/aromatic N) is 1. The molecule has 0 unspecified atom stereocenters. The van der Waals surface area contributed by atoms with E-state index in [-0.39, 0.29) is 11.3 Å². The lowest BCUT2D eigenvalue weighted by molar-refractivity contribution is -0.385. The summed E-state index contributed by atoms with van der Waals surface area (Å²) in [5.74, 6) is 4.04. The number of benzene rings is 1. The molecular formula is C11H13FN4O3. The molecule has 1 amide bonds. The van der Waals surface area contributed by atoms with Gasteiger partial charge >= 0.3 is 0 Å². The van der Waals surface area contributed by atoms with Gasteiger partial charge < -0.3 is 10.7 Å². The summed E-state index contributed by atoms with van der Waals surface area (Å²) in [5, 5.41) is 13.4. The van der Waals surface area contributed by atoms with E-state index in [1.165, 1.54) is 0 Å². The number of amides is 1. The highest BCUT2D eigenvalue weighted by Gasteiger charge is 2.26. The Balaban J connectivity index is 2.28. The molecule has 0 aromatic heterocycles. The zero-order chi connectivity index (χ0) is 14.0. The van der Waals surface area contributed by atoms with Crippen molar-refractivity contribution in [3.05, 3.63) is 33.6 Å². The number of nitro benzene ring substituents is 1. The number of halogens is 1. The molecule has 4 N–H and O–H groups in total. The lowest BCUT2D eigenvalue weighted by Gasteiger charge is -2.08. The summed E-state index contributed by atoms with van der Waals surface area (Å²) in [6.45, 7) is 0.471. The Hall–Kier alpha value is -2.22. The van der Waals surface area contributed by atoms with Gasteiger partial charge in [-0.15, -0.1) is 0 Å². The molecule has 0 aliphatic heterocycles. The van der Waals surface area contributed by atoms with Gasteiger partial charge in [0.1, 0.15) is 5.56 Å². The highest BCUT2D eigenvalue weighted by atomic mass is 19.1. The number of carbonyl (C=O) groups excluding carboxylic acids is 1. The molecule has 102 valence electrons. The first-order valence-corrected chi connectivity index (χ1v) is 5.75. The van der Waals surface area contributed by atoms with Gasteiger partial charge in [-0.25, -0.2) is 4.39 Å². The predicted molar refractivity (Wildman–Crippen MR) is 65.9 cm³/mol. The SMILES string of the molecule is NNc1cc(C(=O)NCC2CC2)c([N+](=O)[O-])cc1F. The van der Waals surface area contributed by atoms with E-state index in [2.05, 4.69) is 10.7 Å². The molecule has 0 bridgehead atoms. The topological polar surface area (TPSA) is 110 Å². The minimum absolute atomic E-state index is 0.165. The number of nitrogens with two attached hydrogens (primary N) is 1. The van der Waals surface area contributed by atoms with E-state index in [4.69, 9.17) is 5.84 Å². The number of rotatable bonds is 5. The number of hydrazine groups is 1. The third-order valence-corrected chi connectivity index (χ3v) is 2.93. The summed E-state index contributed by atoms with van der Waals surface area (Å²) in [6.07, 6.45) is 2.09. The number of hydrogen-bond donors (Lipinski definition) is 3. The first kappa shape index (κ1) is 13.2. The third-order valence-electron chi connectivity index (χ3n) is 2.93. The lowest BCUT2D eigenvalue weighted by Crippen LogP contribution is -2.26. The highest BCUT2D eigenvalue weighted by Crippen LogP contribution is 2.29. The van der Waals surface area contributed by atoms with Gasteiger partial charge in [-0.1, -0.05) is 0 Å². The molecule has 8 heteroatoms. The van der Waals surface area contributed by atoms with Gasteiger partial charge in [0.15, 0.2) is 5.82 Å². The summed E-state index contributed by atoms with van der Waals surface area (Å²) >= 11 is 0. The molecule has 0 saturated heterocycles. The molecule has 7 nitrogen and oxygen atoms in total. The number of nitro groups is 1. The Morgan fingerprint density at radius 3 is 2.74 bits per heavy atom. The lowest BCUT2D eigenvalue weighted by atomic mass is 10.1. The van der Waals surface area contributed by atoms with Crippen LogP contribution in [0.15, 0.2) is 12.1 Å². The summed E-state index contributed by atoms with van der Waals surface area (Å²) in [4.78, 5) is 21.9. The largest absolute Gasteiger partial charge is 0.352 e. The van der Waals surface area contributed by atoms with Crippen LogP contribution >= 0.6 is 0 Å².